The SMILES string of the molecule is C=CCOC(=O)[C@@H](CC(=O)[C@@H](NC(=O)[C@H](CC(=O)OCC)CC(=O)OCc1ccccc1)C1Cc2ccccc2C1)C(C)C. The standard InChI is InChI=1S/C35H43NO8/c1-5-16-43-35(41)29(23(3)4)21-30(37)33(27-17-25-14-10-11-15-26(25)18-27)36-34(40)28(19-31(38)42-6-2)20-32(39)44-22-24-12-8-7-9-13-24/h5,7-15,23,27-29,33H,1,6,16-22H2,2-4H3,(H,36,40)/t28-,29+,33+/m1/s1. The smallest absolute Gasteiger partial charge is 0.309 e. The predicted octanol–water partition coefficient (Wildman–Crippen LogP) is 4.55. The number of nitrogens with one attached hydrogen (secondary N) is 1. The quantitative estimate of drug-likeness (QED) is 0.158. The summed E-state index contributed by atoms with van der Waals surface area (Å²) in [5.41, 5.74) is 2.95. The maximum absolute atomic E-state index is 13.9. The van der Waals surface area contributed by atoms with Crippen molar-refractivity contribution in [3.8, 4) is 0 Å². The van der Waals surface area contributed by atoms with Gasteiger partial charge in [0.2, 0.25) is 5.91 Å². The fourth-order valence-electron chi connectivity index (χ4n) is 5.42. The van der Waals surface area contributed by atoms with E-state index < -0.39 is 41.7 Å². The third-order valence-electron chi connectivity index (χ3n) is 7.82. The summed E-state index contributed by atoms with van der Waals surface area (Å²) >= 11 is 0. The summed E-state index contributed by atoms with van der Waals surface area (Å²) in [7, 11) is 0. The van der Waals surface area contributed by atoms with E-state index in [1.807, 2.05) is 68.4 Å². The fraction of sp³-hybridized carbons (Fsp3) is 0.457. The first-order valence-electron chi connectivity index (χ1n) is 15.1. The van der Waals surface area contributed by atoms with Gasteiger partial charge in [-0.15, -0.1) is 0 Å². The van der Waals surface area contributed by atoms with E-state index in [1.165, 1.54) is 6.08 Å². The van der Waals surface area contributed by atoms with Crippen LogP contribution >= 0.6 is 0 Å². The molecule has 9 nitrogen and oxygen atoms in total. The van der Waals surface area contributed by atoms with Crippen molar-refractivity contribution in [2.75, 3.05) is 13.2 Å². The number of carbonyl (C=O) groups excluding carboxylic acids is 5. The molecule has 1 amide bonds. The number of hydrogen-bond donors (Lipinski definition) is 1. The van der Waals surface area contributed by atoms with Crippen molar-refractivity contribution in [2.24, 2.45) is 23.7 Å². The summed E-state index contributed by atoms with van der Waals surface area (Å²) < 4.78 is 15.7. The molecule has 3 atom stereocenters. The Kier molecular flexibility index (Phi) is 13.3. The Morgan fingerprint density at radius 1 is 0.864 bits per heavy atom. The molecule has 0 radical (unpaired) electrons. The number of benzene rings is 2. The minimum Gasteiger partial charge on any atom is -0.466 e. The van der Waals surface area contributed by atoms with Crippen molar-refractivity contribution in [1.29, 1.82) is 0 Å². The lowest BCUT2D eigenvalue weighted by molar-refractivity contribution is -0.152. The van der Waals surface area contributed by atoms with Crippen LogP contribution in [0.3, 0.4) is 0 Å². The molecule has 1 aliphatic rings. The van der Waals surface area contributed by atoms with Gasteiger partial charge in [-0.2, -0.15) is 0 Å². The van der Waals surface area contributed by atoms with E-state index in [0.717, 1.165) is 16.7 Å². The molecule has 0 saturated carbocycles. The van der Waals surface area contributed by atoms with Crippen molar-refractivity contribution >= 4 is 29.6 Å². The predicted molar refractivity (Wildman–Crippen MR) is 164 cm³/mol. The zero-order valence-corrected chi connectivity index (χ0v) is 25.8. The van der Waals surface area contributed by atoms with E-state index in [9.17, 15) is 24.0 Å². The van der Waals surface area contributed by atoms with Gasteiger partial charge in [-0.3, -0.25) is 24.0 Å². The Bertz CT molecular complexity index is 1280. The molecule has 0 aromatic heterocycles. The van der Waals surface area contributed by atoms with Crippen LogP contribution in [-0.4, -0.2) is 48.9 Å². The summed E-state index contributed by atoms with van der Waals surface area (Å²) in [6.07, 6.45) is 1.72. The second-order valence-corrected chi connectivity index (χ2v) is 11.4. The van der Waals surface area contributed by atoms with Gasteiger partial charge in [0.1, 0.15) is 13.2 Å². The van der Waals surface area contributed by atoms with E-state index in [0.29, 0.717) is 12.8 Å². The second kappa shape index (κ2) is 17.1. The largest absolute Gasteiger partial charge is 0.466 e. The number of ether oxygens (including phenoxy) is 3. The first-order valence-corrected chi connectivity index (χ1v) is 15.1. The maximum atomic E-state index is 13.9. The highest BCUT2D eigenvalue weighted by atomic mass is 16.5. The minimum atomic E-state index is -1.12. The lowest BCUT2D eigenvalue weighted by atomic mass is 9.84. The first-order chi connectivity index (χ1) is 21.1. The minimum absolute atomic E-state index is 0.0212. The monoisotopic (exact) mass is 605 g/mol. The van der Waals surface area contributed by atoms with Gasteiger partial charge in [0, 0.05) is 6.42 Å². The van der Waals surface area contributed by atoms with Crippen LogP contribution < -0.4 is 5.32 Å². The number of esters is 3. The van der Waals surface area contributed by atoms with Crippen LogP contribution in [0.25, 0.3) is 0 Å². The molecule has 2 aromatic carbocycles. The van der Waals surface area contributed by atoms with Gasteiger partial charge < -0.3 is 19.5 Å². The van der Waals surface area contributed by atoms with Crippen LogP contribution in [0.15, 0.2) is 67.3 Å². The number of fused-ring (bicyclic) bond motifs is 1. The molecule has 9 heteroatoms. The van der Waals surface area contributed by atoms with Crippen molar-refractivity contribution < 1.29 is 38.2 Å². The van der Waals surface area contributed by atoms with Crippen molar-refractivity contribution in [3.05, 3.63) is 83.9 Å². The topological polar surface area (TPSA) is 125 Å². The molecule has 0 bridgehead atoms. The number of amides is 1. The van der Waals surface area contributed by atoms with Gasteiger partial charge in [0.05, 0.1) is 37.3 Å². The Balaban J connectivity index is 1.81. The number of ketones is 1. The molecular formula is C35H43NO8. The van der Waals surface area contributed by atoms with Crippen LogP contribution in [-0.2, 0) is 57.6 Å². The van der Waals surface area contributed by atoms with Gasteiger partial charge in [0.15, 0.2) is 5.78 Å². The molecule has 1 aliphatic carbocycles. The Morgan fingerprint density at radius 2 is 1.45 bits per heavy atom. The molecule has 44 heavy (non-hydrogen) atoms. The summed E-state index contributed by atoms with van der Waals surface area (Å²) in [4.78, 5) is 65.7. The third kappa shape index (κ3) is 10.2. The molecule has 2 aromatic rings. The zero-order valence-electron chi connectivity index (χ0n) is 25.8. The van der Waals surface area contributed by atoms with Crippen LogP contribution in [0.1, 0.15) is 56.7 Å². The van der Waals surface area contributed by atoms with E-state index >= 15 is 0 Å². The first kappa shape index (κ1) is 34.2. The number of carbonyl (C=O) groups is 5. The number of Topliss-reactive ketones (excluding diaryl/α,β-unsaturated/α-hetero) is 1. The fourth-order valence-corrected chi connectivity index (χ4v) is 5.42. The molecule has 1 N–H and O–H groups in total. The maximum Gasteiger partial charge on any atom is 0.309 e. The summed E-state index contributed by atoms with van der Waals surface area (Å²) in [6.45, 7) is 9.06. The lowest BCUT2D eigenvalue weighted by Crippen LogP contribution is -2.50. The van der Waals surface area contributed by atoms with Crippen LogP contribution in [0.5, 0.6) is 0 Å². The van der Waals surface area contributed by atoms with E-state index in [-0.39, 0.29) is 56.7 Å². The van der Waals surface area contributed by atoms with E-state index in [1.54, 1.807) is 6.92 Å². The summed E-state index contributed by atoms with van der Waals surface area (Å²) in [5.74, 6) is -5.02. The molecule has 0 unspecified atom stereocenters. The molecule has 236 valence electrons. The van der Waals surface area contributed by atoms with Crippen LogP contribution in [0, 0.1) is 23.7 Å². The number of rotatable bonds is 17. The molecule has 0 saturated heterocycles. The Labute approximate surface area is 259 Å². The van der Waals surface area contributed by atoms with Crippen molar-refractivity contribution in [3.63, 3.8) is 0 Å². The van der Waals surface area contributed by atoms with Gasteiger partial charge in [0.25, 0.3) is 0 Å². The highest BCUT2D eigenvalue weighted by molar-refractivity contribution is 5.94. The molecule has 3 rings (SSSR count). The van der Waals surface area contributed by atoms with Gasteiger partial charge in [-0.1, -0.05) is 81.1 Å². The molecule has 0 fully saturated rings. The zero-order chi connectivity index (χ0) is 32.1. The Hall–Kier alpha value is -4.27. The molecular weight excluding hydrogens is 562 g/mol. The molecule has 0 aliphatic heterocycles. The molecule has 0 spiro atoms. The summed E-state index contributed by atoms with van der Waals surface area (Å²) in [5, 5.41) is 2.87. The average molecular weight is 606 g/mol. The highest BCUT2D eigenvalue weighted by Crippen LogP contribution is 2.31. The van der Waals surface area contributed by atoms with Gasteiger partial charge in [-0.05, 0) is 48.3 Å². The third-order valence-corrected chi connectivity index (χ3v) is 7.82. The average Bonchev–Trinajstić information content (AvgIpc) is 3.44. The van der Waals surface area contributed by atoms with Crippen LogP contribution in [0.2, 0.25) is 0 Å². The second-order valence-electron chi connectivity index (χ2n) is 11.4. The van der Waals surface area contributed by atoms with E-state index in [2.05, 4.69) is 11.9 Å². The van der Waals surface area contributed by atoms with E-state index in [4.69, 9.17) is 14.2 Å². The van der Waals surface area contributed by atoms with Crippen LogP contribution in [0.4, 0.5) is 0 Å². The Morgan fingerprint density at radius 3 is 2.02 bits per heavy atom. The van der Waals surface area contributed by atoms with Gasteiger partial charge in [-0.25, -0.2) is 0 Å². The van der Waals surface area contributed by atoms with Crippen molar-refractivity contribution in [1.82, 2.24) is 5.32 Å². The highest BCUT2D eigenvalue weighted by Gasteiger charge is 2.39. The normalized spacial score (nSPS) is 14.5. The lowest BCUT2D eigenvalue weighted by Gasteiger charge is -2.28. The molecule has 0 heterocycles. The van der Waals surface area contributed by atoms with Crippen molar-refractivity contribution in [2.45, 2.75) is 65.5 Å². The number of hydrogen-bond acceptors (Lipinski definition) is 8. The van der Waals surface area contributed by atoms with Gasteiger partial charge >= 0.3 is 17.9 Å². The summed E-state index contributed by atoms with van der Waals surface area (Å²) in [6, 6.07) is 16.0.